The number of rotatable bonds is 8. The molecule has 2 fully saturated rings. The first-order valence-corrected chi connectivity index (χ1v) is 19.4. The standard InChI is InChI=1S/C36H38N6O5S2/c1-20-40-41-36(47-20)30-26(10-8-21-13-17-46-18-14-21)38-32-27-6-4-16-42(27)49(43,44)34(32)31(30)29-19-22-12-15-37-35(33(22)48-29)39-25-11-9-24-23(25)5-3-7-28(24)45-2/h3,5,7,12,15,19,21,25,27H,4,6,8-11,13-14,16-18H2,1-2H3,(H,37,39)/t25?,27-/m0/s1. The van der Waals surface area contributed by atoms with Crippen LogP contribution in [0.2, 0.25) is 0 Å². The van der Waals surface area contributed by atoms with E-state index in [1.165, 1.54) is 11.1 Å². The van der Waals surface area contributed by atoms with E-state index in [1.807, 2.05) is 24.4 Å². The Labute approximate surface area is 289 Å². The molecule has 4 aliphatic rings. The van der Waals surface area contributed by atoms with Crippen LogP contribution in [0.25, 0.3) is 32.0 Å². The third kappa shape index (κ3) is 5.16. The van der Waals surface area contributed by atoms with E-state index in [2.05, 4.69) is 27.6 Å². The summed E-state index contributed by atoms with van der Waals surface area (Å²) < 4.78 is 48.8. The van der Waals surface area contributed by atoms with Gasteiger partial charge in [-0.25, -0.2) is 13.4 Å². The molecule has 5 aromatic rings. The van der Waals surface area contributed by atoms with Gasteiger partial charge in [-0.05, 0) is 92.0 Å². The van der Waals surface area contributed by atoms with Crippen molar-refractivity contribution in [1.82, 2.24) is 24.5 Å². The maximum atomic E-state index is 14.4. The van der Waals surface area contributed by atoms with Crippen molar-refractivity contribution in [3.63, 3.8) is 0 Å². The summed E-state index contributed by atoms with van der Waals surface area (Å²) in [6, 6.07) is 10.1. The van der Waals surface area contributed by atoms with Gasteiger partial charge in [-0.1, -0.05) is 12.1 Å². The Morgan fingerprint density at radius 2 is 1.98 bits per heavy atom. The number of nitrogens with one attached hydrogen (secondary N) is 1. The Hall–Kier alpha value is -3.91. The highest BCUT2D eigenvalue weighted by Crippen LogP contribution is 2.53. The zero-order chi connectivity index (χ0) is 33.3. The lowest BCUT2D eigenvalue weighted by molar-refractivity contribution is 0.0639. The van der Waals surface area contributed by atoms with Crippen molar-refractivity contribution in [3.8, 4) is 27.6 Å². The highest BCUT2D eigenvalue weighted by atomic mass is 32.2. The summed E-state index contributed by atoms with van der Waals surface area (Å²) in [5, 5.41) is 13.4. The number of nitrogens with zero attached hydrogens (tertiary/aromatic N) is 5. The molecule has 7 heterocycles. The third-order valence-electron chi connectivity index (χ3n) is 10.6. The fourth-order valence-electron chi connectivity index (χ4n) is 8.28. The van der Waals surface area contributed by atoms with Crippen LogP contribution in [0.4, 0.5) is 5.82 Å². The van der Waals surface area contributed by atoms with Gasteiger partial charge in [0.05, 0.1) is 40.8 Å². The predicted octanol–water partition coefficient (Wildman–Crippen LogP) is 7.02. The van der Waals surface area contributed by atoms with E-state index in [4.69, 9.17) is 23.9 Å². The van der Waals surface area contributed by atoms with Crippen LogP contribution >= 0.6 is 11.3 Å². The van der Waals surface area contributed by atoms with Gasteiger partial charge in [-0.3, -0.25) is 4.98 Å². The largest absolute Gasteiger partial charge is 0.496 e. The number of ether oxygens (including phenoxy) is 2. The molecule has 1 N–H and O–H groups in total. The molecule has 254 valence electrons. The maximum absolute atomic E-state index is 14.4. The van der Waals surface area contributed by atoms with Gasteiger partial charge in [0.15, 0.2) is 0 Å². The summed E-state index contributed by atoms with van der Waals surface area (Å²) in [5.74, 6) is 2.92. The molecule has 0 bridgehead atoms. The normalized spacial score (nSPS) is 21.6. The van der Waals surface area contributed by atoms with Crippen LogP contribution in [0.1, 0.15) is 79.0 Å². The Kier molecular flexibility index (Phi) is 7.71. The van der Waals surface area contributed by atoms with E-state index in [1.54, 1.807) is 29.7 Å². The van der Waals surface area contributed by atoms with Crippen molar-refractivity contribution in [2.24, 2.45) is 5.92 Å². The van der Waals surface area contributed by atoms with Crippen LogP contribution in [-0.2, 0) is 27.6 Å². The number of fused-ring (bicyclic) bond motifs is 5. The summed E-state index contributed by atoms with van der Waals surface area (Å²) in [6.45, 7) is 3.79. The van der Waals surface area contributed by atoms with Gasteiger partial charge in [0.2, 0.25) is 21.8 Å². The van der Waals surface area contributed by atoms with Gasteiger partial charge in [0, 0.05) is 43.3 Å². The number of aryl methyl sites for hydroxylation is 2. The van der Waals surface area contributed by atoms with Crippen LogP contribution in [0, 0.1) is 12.8 Å². The van der Waals surface area contributed by atoms with Crippen molar-refractivity contribution in [1.29, 1.82) is 0 Å². The average molecular weight is 699 g/mol. The van der Waals surface area contributed by atoms with Crippen LogP contribution in [0.15, 0.2) is 45.8 Å². The summed E-state index contributed by atoms with van der Waals surface area (Å²) in [5.41, 5.74) is 5.16. The quantitative estimate of drug-likeness (QED) is 0.180. The van der Waals surface area contributed by atoms with Crippen molar-refractivity contribution in [2.75, 3.05) is 32.2 Å². The number of sulfonamides is 1. The van der Waals surface area contributed by atoms with E-state index in [0.717, 1.165) is 90.4 Å². The highest BCUT2D eigenvalue weighted by Gasteiger charge is 2.49. The van der Waals surface area contributed by atoms with Crippen LogP contribution in [0.3, 0.4) is 0 Å². The zero-order valence-electron chi connectivity index (χ0n) is 27.6. The molecule has 0 radical (unpaired) electrons. The molecule has 3 aliphatic heterocycles. The first-order valence-electron chi connectivity index (χ1n) is 17.2. The third-order valence-corrected chi connectivity index (χ3v) is 13.8. The summed E-state index contributed by atoms with van der Waals surface area (Å²) in [4.78, 5) is 11.1. The fourth-order valence-corrected chi connectivity index (χ4v) is 11.6. The van der Waals surface area contributed by atoms with Crippen LogP contribution < -0.4 is 10.1 Å². The maximum Gasteiger partial charge on any atom is 0.250 e. The summed E-state index contributed by atoms with van der Waals surface area (Å²) >= 11 is 1.55. The molecule has 2 saturated heterocycles. The molecule has 0 spiro atoms. The second-order valence-electron chi connectivity index (χ2n) is 13.5. The van der Waals surface area contributed by atoms with Gasteiger partial charge in [-0.15, -0.1) is 21.5 Å². The first-order chi connectivity index (χ1) is 23.9. The number of anilines is 1. The molecule has 2 atom stereocenters. The molecule has 0 amide bonds. The molecule has 1 unspecified atom stereocenters. The smallest absolute Gasteiger partial charge is 0.250 e. The molecule has 9 rings (SSSR count). The average Bonchev–Trinajstić information content (AvgIpc) is 3.95. The summed E-state index contributed by atoms with van der Waals surface area (Å²) in [7, 11) is -2.10. The number of hydrogen-bond acceptors (Lipinski definition) is 11. The zero-order valence-corrected chi connectivity index (χ0v) is 29.2. The molecule has 1 aromatic carbocycles. The van der Waals surface area contributed by atoms with Crippen LogP contribution in [0.5, 0.6) is 5.75 Å². The number of aromatic nitrogens is 4. The Balaban J connectivity index is 1.21. The first kappa shape index (κ1) is 31.1. The van der Waals surface area contributed by atoms with Gasteiger partial charge < -0.3 is 19.2 Å². The molecule has 49 heavy (non-hydrogen) atoms. The molecule has 0 saturated carbocycles. The molecule has 13 heteroatoms. The molecular formula is C36H38N6O5S2. The summed E-state index contributed by atoms with van der Waals surface area (Å²) in [6.07, 6.45) is 8.86. The minimum atomic E-state index is -3.82. The lowest BCUT2D eigenvalue weighted by Gasteiger charge is -2.22. The van der Waals surface area contributed by atoms with Gasteiger partial charge in [0.25, 0.3) is 0 Å². The van der Waals surface area contributed by atoms with Crippen molar-refractivity contribution in [2.45, 2.75) is 75.3 Å². The molecule has 4 aromatic heterocycles. The number of methoxy groups -OCH3 is 1. The number of pyridine rings is 2. The number of thiophene rings is 1. The Bertz CT molecular complexity index is 2190. The van der Waals surface area contributed by atoms with Gasteiger partial charge >= 0.3 is 0 Å². The Morgan fingerprint density at radius 3 is 2.80 bits per heavy atom. The van der Waals surface area contributed by atoms with E-state index < -0.39 is 10.0 Å². The minimum Gasteiger partial charge on any atom is -0.496 e. The van der Waals surface area contributed by atoms with E-state index in [9.17, 15) is 8.42 Å². The SMILES string of the molecule is COc1cccc2c1CCC2Nc1nccc2cc(-c3c(-c4nnc(C)o4)c(CCC4CCOCC4)nc4c3S(=O)(=O)N3CCC[C@@H]43)sc12. The van der Waals surface area contributed by atoms with E-state index in [0.29, 0.717) is 47.5 Å². The predicted molar refractivity (Wildman–Crippen MR) is 186 cm³/mol. The Morgan fingerprint density at radius 1 is 1.10 bits per heavy atom. The van der Waals surface area contributed by atoms with Gasteiger partial charge in [0.1, 0.15) is 16.5 Å². The topological polar surface area (TPSA) is 133 Å². The lowest BCUT2D eigenvalue weighted by Crippen LogP contribution is -2.23. The number of hydrogen-bond donors (Lipinski definition) is 1. The number of benzene rings is 1. The second-order valence-corrected chi connectivity index (χ2v) is 16.3. The van der Waals surface area contributed by atoms with Gasteiger partial charge in [-0.2, -0.15) is 4.31 Å². The molecular weight excluding hydrogens is 661 g/mol. The van der Waals surface area contributed by atoms with Crippen LogP contribution in [-0.4, -0.2) is 59.8 Å². The monoisotopic (exact) mass is 698 g/mol. The van der Waals surface area contributed by atoms with Crippen molar-refractivity contribution in [3.05, 3.63) is 64.9 Å². The van der Waals surface area contributed by atoms with Crippen molar-refractivity contribution < 1.29 is 22.3 Å². The fraction of sp³-hybridized carbons (Fsp3) is 0.444. The lowest BCUT2D eigenvalue weighted by atomic mass is 9.91. The second kappa shape index (κ2) is 12.1. The van der Waals surface area contributed by atoms with Crippen molar-refractivity contribution >= 4 is 37.3 Å². The molecule has 1 aliphatic carbocycles. The van der Waals surface area contributed by atoms with E-state index in [-0.39, 0.29) is 17.0 Å². The van der Waals surface area contributed by atoms with E-state index >= 15 is 0 Å². The molecule has 11 nitrogen and oxygen atoms in total. The minimum absolute atomic E-state index is 0.0835. The highest BCUT2D eigenvalue weighted by molar-refractivity contribution is 7.89.